The number of hydrogen-bond donors (Lipinski definition) is 2. The number of nitrogens with zero attached hydrogens (tertiary/aromatic N) is 3. The van der Waals surface area contributed by atoms with E-state index in [0.29, 0.717) is 0 Å². The molecular formula is C8H12N4O2. The molecule has 0 bridgehead atoms. The first-order chi connectivity index (χ1) is 6.74. The third kappa shape index (κ3) is 5.95. The topological polar surface area (TPSA) is 100 Å². The number of aliphatic hydroxyl groups is 1. The van der Waals surface area contributed by atoms with E-state index in [-0.39, 0.29) is 38.7 Å². The Hall–Kier alpha value is -1.63. The molecule has 0 unspecified atom stereocenters. The van der Waals surface area contributed by atoms with Gasteiger partial charge in [0.15, 0.2) is 0 Å². The van der Waals surface area contributed by atoms with E-state index in [0.717, 1.165) is 0 Å². The lowest BCUT2D eigenvalue weighted by Crippen LogP contribution is -2.38. The van der Waals surface area contributed by atoms with Crippen molar-refractivity contribution in [3.05, 3.63) is 0 Å². The fourth-order valence-electron chi connectivity index (χ4n) is 0.822. The summed E-state index contributed by atoms with van der Waals surface area (Å²) in [5.74, 6) is -0.301. The van der Waals surface area contributed by atoms with E-state index in [9.17, 15) is 4.79 Å². The summed E-state index contributed by atoms with van der Waals surface area (Å²) in [5.41, 5.74) is 0. The average Bonchev–Trinajstić information content (AvgIpc) is 2.15. The zero-order valence-electron chi connectivity index (χ0n) is 7.73. The highest BCUT2D eigenvalue weighted by atomic mass is 16.3. The summed E-state index contributed by atoms with van der Waals surface area (Å²) in [7, 11) is 0. The minimum atomic E-state index is -0.301. The number of rotatable bonds is 6. The molecule has 0 fully saturated rings. The van der Waals surface area contributed by atoms with E-state index in [2.05, 4.69) is 5.32 Å². The maximum atomic E-state index is 11.1. The van der Waals surface area contributed by atoms with Crippen LogP contribution in [0.4, 0.5) is 0 Å². The Morgan fingerprint density at radius 2 is 1.93 bits per heavy atom. The molecule has 0 spiro atoms. The summed E-state index contributed by atoms with van der Waals surface area (Å²) >= 11 is 0. The molecule has 0 aromatic rings. The molecule has 6 heteroatoms. The Kier molecular flexibility index (Phi) is 7.06. The molecule has 0 saturated heterocycles. The Labute approximate surface area is 82.3 Å². The molecule has 2 N–H and O–H groups in total. The average molecular weight is 196 g/mol. The molecule has 76 valence electrons. The van der Waals surface area contributed by atoms with Crippen molar-refractivity contribution in [2.24, 2.45) is 0 Å². The van der Waals surface area contributed by atoms with Crippen LogP contribution in [0, 0.1) is 22.7 Å². The van der Waals surface area contributed by atoms with Crippen molar-refractivity contribution < 1.29 is 9.90 Å². The van der Waals surface area contributed by atoms with Gasteiger partial charge in [0.25, 0.3) is 0 Å². The van der Waals surface area contributed by atoms with Crippen molar-refractivity contribution in [3.8, 4) is 12.1 Å². The van der Waals surface area contributed by atoms with Crippen LogP contribution in [0.25, 0.3) is 0 Å². The molecule has 6 nitrogen and oxygen atoms in total. The summed E-state index contributed by atoms with van der Waals surface area (Å²) in [6.45, 7) is 0.148. The van der Waals surface area contributed by atoms with Crippen LogP contribution in [0.2, 0.25) is 0 Å². The number of nitriles is 2. The summed E-state index contributed by atoms with van der Waals surface area (Å²) in [6.07, 6.45) is 0. The van der Waals surface area contributed by atoms with Crippen LogP contribution < -0.4 is 5.32 Å². The molecule has 0 aliphatic heterocycles. The second-order valence-electron chi connectivity index (χ2n) is 2.53. The molecule has 0 radical (unpaired) electrons. The van der Waals surface area contributed by atoms with Gasteiger partial charge in [0.1, 0.15) is 0 Å². The Balaban J connectivity index is 3.85. The highest BCUT2D eigenvalue weighted by Crippen LogP contribution is 1.85. The van der Waals surface area contributed by atoms with Crippen LogP contribution in [0.15, 0.2) is 0 Å². The summed E-state index contributed by atoms with van der Waals surface area (Å²) in [4.78, 5) is 12.5. The normalized spacial score (nSPS) is 9.14. The van der Waals surface area contributed by atoms with E-state index in [1.165, 1.54) is 4.90 Å². The molecule has 14 heavy (non-hydrogen) atoms. The van der Waals surface area contributed by atoms with Crippen LogP contribution in [-0.4, -0.2) is 48.7 Å². The zero-order valence-corrected chi connectivity index (χ0v) is 7.73. The van der Waals surface area contributed by atoms with E-state index < -0.39 is 0 Å². The van der Waals surface area contributed by atoms with Crippen molar-refractivity contribution in [2.75, 3.05) is 32.8 Å². The summed E-state index contributed by atoms with van der Waals surface area (Å²) < 4.78 is 0. The van der Waals surface area contributed by atoms with Gasteiger partial charge in [0, 0.05) is 6.54 Å². The standard InChI is InChI=1S/C8H12N4O2/c9-1-4-12(5-2-10)7-8(14)11-3-6-13/h13H,3-7H2,(H,11,14). The van der Waals surface area contributed by atoms with E-state index in [1.54, 1.807) is 0 Å². The van der Waals surface area contributed by atoms with E-state index >= 15 is 0 Å². The monoisotopic (exact) mass is 196 g/mol. The van der Waals surface area contributed by atoms with Crippen LogP contribution in [0.3, 0.4) is 0 Å². The number of aliphatic hydroxyl groups excluding tert-OH is 1. The highest BCUT2D eigenvalue weighted by molar-refractivity contribution is 5.78. The van der Waals surface area contributed by atoms with Gasteiger partial charge in [0.05, 0.1) is 38.4 Å². The maximum absolute atomic E-state index is 11.1. The van der Waals surface area contributed by atoms with Crippen molar-refractivity contribution >= 4 is 5.91 Å². The molecular weight excluding hydrogens is 184 g/mol. The molecule has 0 aromatic carbocycles. The quantitative estimate of drug-likeness (QED) is 0.500. The van der Waals surface area contributed by atoms with Crippen molar-refractivity contribution in [2.45, 2.75) is 0 Å². The van der Waals surface area contributed by atoms with Gasteiger partial charge in [-0.2, -0.15) is 10.5 Å². The molecule has 0 saturated carbocycles. The van der Waals surface area contributed by atoms with Crippen molar-refractivity contribution in [1.29, 1.82) is 10.5 Å². The van der Waals surface area contributed by atoms with Crippen LogP contribution in [-0.2, 0) is 4.79 Å². The number of carbonyl (C=O) groups is 1. The van der Waals surface area contributed by atoms with Gasteiger partial charge in [-0.3, -0.25) is 9.69 Å². The third-order valence-corrected chi connectivity index (χ3v) is 1.39. The number of nitrogens with one attached hydrogen (secondary N) is 1. The van der Waals surface area contributed by atoms with Crippen LogP contribution in [0.1, 0.15) is 0 Å². The smallest absolute Gasteiger partial charge is 0.234 e. The van der Waals surface area contributed by atoms with Gasteiger partial charge >= 0.3 is 0 Å². The van der Waals surface area contributed by atoms with Gasteiger partial charge in [0.2, 0.25) is 5.91 Å². The van der Waals surface area contributed by atoms with E-state index in [1.807, 2.05) is 12.1 Å². The fraction of sp³-hybridized carbons (Fsp3) is 0.625. The Bertz CT molecular complexity index is 237. The molecule has 0 atom stereocenters. The zero-order chi connectivity index (χ0) is 10.8. The maximum Gasteiger partial charge on any atom is 0.234 e. The Morgan fingerprint density at radius 3 is 2.36 bits per heavy atom. The van der Waals surface area contributed by atoms with Gasteiger partial charge < -0.3 is 10.4 Å². The largest absolute Gasteiger partial charge is 0.395 e. The molecule has 0 aromatic heterocycles. The van der Waals surface area contributed by atoms with Crippen molar-refractivity contribution in [3.63, 3.8) is 0 Å². The number of hydrogen-bond acceptors (Lipinski definition) is 5. The van der Waals surface area contributed by atoms with Crippen molar-refractivity contribution in [1.82, 2.24) is 10.2 Å². The lowest BCUT2D eigenvalue weighted by Gasteiger charge is -2.13. The number of amides is 1. The first kappa shape index (κ1) is 12.4. The number of carbonyl (C=O) groups excluding carboxylic acids is 1. The minimum Gasteiger partial charge on any atom is -0.395 e. The van der Waals surface area contributed by atoms with Crippen LogP contribution in [0.5, 0.6) is 0 Å². The molecule has 0 aliphatic carbocycles. The predicted octanol–water partition coefficient (Wildman–Crippen LogP) is -1.56. The van der Waals surface area contributed by atoms with Gasteiger partial charge in [-0.05, 0) is 0 Å². The lowest BCUT2D eigenvalue weighted by molar-refractivity contribution is -0.122. The minimum absolute atomic E-state index is 0.00111. The SMILES string of the molecule is N#CCN(CC#N)CC(=O)NCCO. The van der Waals surface area contributed by atoms with Gasteiger partial charge in [-0.1, -0.05) is 0 Å². The first-order valence-corrected chi connectivity index (χ1v) is 4.08. The van der Waals surface area contributed by atoms with Gasteiger partial charge in [-0.25, -0.2) is 0 Å². The lowest BCUT2D eigenvalue weighted by atomic mass is 10.4. The fourth-order valence-corrected chi connectivity index (χ4v) is 0.822. The summed E-state index contributed by atoms with van der Waals surface area (Å²) in [5, 5.41) is 27.6. The van der Waals surface area contributed by atoms with Crippen LogP contribution >= 0.6 is 0 Å². The molecule has 0 heterocycles. The molecule has 0 aliphatic rings. The van der Waals surface area contributed by atoms with E-state index in [4.69, 9.17) is 15.6 Å². The first-order valence-electron chi connectivity index (χ1n) is 4.08. The third-order valence-electron chi connectivity index (χ3n) is 1.39. The molecule has 1 amide bonds. The predicted molar refractivity (Wildman–Crippen MR) is 47.8 cm³/mol. The molecule has 0 rings (SSSR count). The highest BCUT2D eigenvalue weighted by Gasteiger charge is 2.08. The second-order valence-corrected chi connectivity index (χ2v) is 2.53. The summed E-state index contributed by atoms with van der Waals surface area (Å²) in [6, 6.07) is 3.72. The van der Waals surface area contributed by atoms with Gasteiger partial charge in [-0.15, -0.1) is 0 Å². The Morgan fingerprint density at radius 1 is 1.36 bits per heavy atom. The second kappa shape index (κ2) is 7.99.